The highest BCUT2D eigenvalue weighted by atomic mass is 32.1. The Kier molecular flexibility index (Phi) is 3.40. The first kappa shape index (κ1) is 11.2. The number of hydrogen-bond donors (Lipinski definition) is 3. The van der Waals surface area contributed by atoms with Gasteiger partial charge in [0.15, 0.2) is 6.04 Å². The summed E-state index contributed by atoms with van der Waals surface area (Å²) in [5.74, 6) is -2.52. The molecule has 1 aromatic rings. The van der Waals surface area contributed by atoms with Crippen LogP contribution in [0.4, 0.5) is 0 Å². The normalized spacial score (nSPS) is 9.93. The van der Waals surface area contributed by atoms with Gasteiger partial charge in [-0.25, -0.2) is 0 Å². The Morgan fingerprint density at radius 1 is 1.27 bits per heavy atom. The summed E-state index contributed by atoms with van der Waals surface area (Å²) < 4.78 is 0. The molecule has 1 heterocycles. The van der Waals surface area contributed by atoms with Gasteiger partial charge in [-0.05, 0) is 11.4 Å². The highest BCUT2D eigenvalue weighted by Crippen LogP contribution is 2.05. The predicted molar refractivity (Wildman–Crippen MR) is 54.0 cm³/mol. The van der Waals surface area contributed by atoms with E-state index in [4.69, 9.17) is 11.5 Å². The summed E-state index contributed by atoms with van der Waals surface area (Å²) in [7, 11) is 0. The molecule has 0 aliphatic heterocycles. The van der Waals surface area contributed by atoms with Crippen LogP contribution in [0.25, 0.3) is 0 Å². The quantitative estimate of drug-likeness (QED) is 0.562. The van der Waals surface area contributed by atoms with Crippen molar-refractivity contribution < 1.29 is 14.4 Å². The van der Waals surface area contributed by atoms with E-state index in [-0.39, 0.29) is 0 Å². The van der Waals surface area contributed by atoms with Gasteiger partial charge in [0.05, 0.1) is 5.56 Å². The molecule has 0 bridgehead atoms. The number of nitrogens with one attached hydrogen (secondary N) is 1. The lowest BCUT2D eigenvalue weighted by molar-refractivity contribution is -0.128. The fourth-order valence-electron chi connectivity index (χ4n) is 0.891. The lowest BCUT2D eigenvalue weighted by Gasteiger charge is -2.10. The summed E-state index contributed by atoms with van der Waals surface area (Å²) in [6, 6.07) is 0.0800. The van der Waals surface area contributed by atoms with Gasteiger partial charge in [-0.1, -0.05) is 0 Å². The lowest BCUT2D eigenvalue weighted by Crippen LogP contribution is -2.52. The molecule has 80 valence electrons. The van der Waals surface area contributed by atoms with Crippen molar-refractivity contribution in [2.24, 2.45) is 11.5 Å². The number of carbonyl (C=O) groups excluding carboxylic acids is 3. The zero-order valence-electron chi connectivity index (χ0n) is 7.60. The van der Waals surface area contributed by atoms with Gasteiger partial charge in [0.2, 0.25) is 11.8 Å². The van der Waals surface area contributed by atoms with Crippen molar-refractivity contribution in [3.05, 3.63) is 22.4 Å². The number of hydrogen-bond acceptors (Lipinski definition) is 4. The Labute approximate surface area is 89.2 Å². The van der Waals surface area contributed by atoms with Crippen LogP contribution in [0.2, 0.25) is 0 Å². The molecule has 1 aromatic heterocycles. The van der Waals surface area contributed by atoms with Crippen molar-refractivity contribution in [3.63, 3.8) is 0 Å². The molecule has 3 amide bonds. The van der Waals surface area contributed by atoms with Gasteiger partial charge >= 0.3 is 0 Å². The maximum atomic E-state index is 11.4. The molecule has 15 heavy (non-hydrogen) atoms. The molecule has 0 saturated heterocycles. The monoisotopic (exact) mass is 227 g/mol. The third-order valence-electron chi connectivity index (χ3n) is 1.63. The number of rotatable bonds is 4. The van der Waals surface area contributed by atoms with Crippen molar-refractivity contribution >= 4 is 29.1 Å². The van der Waals surface area contributed by atoms with E-state index in [9.17, 15) is 14.4 Å². The highest BCUT2D eigenvalue weighted by molar-refractivity contribution is 7.08. The van der Waals surface area contributed by atoms with E-state index in [0.29, 0.717) is 5.56 Å². The second-order valence-corrected chi connectivity index (χ2v) is 3.50. The van der Waals surface area contributed by atoms with Crippen LogP contribution < -0.4 is 16.8 Å². The fourth-order valence-corrected chi connectivity index (χ4v) is 1.53. The smallest absolute Gasteiger partial charge is 0.253 e. The molecule has 0 atom stereocenters. The minimum Gasteiger partial charge on any atom is -0.367 e. The van der Waals surface area contributed by atoms with Crippen molar-refractivity contribution in [2.75, 3.05) is 0 Å². The first-order valence-electron chi connectivity index (χ1n) is 3.94. The zero-order chi connectivity index (χ0) is 11.4. The van der Waals surface area contributed by atoms with E-state index in [1.165, 1.54) is 11.3 Å². The van der Waals surface area contributed by atoms with E-state index in [2.05, 4.69) is 5.32 Å². The lowest BCUT2D eigenvalue weighted by atomic mass is 10.2. The Morgan fingerprint density at radius 3 is 2.27 bits per heavy atom. The summed E-state index contributed by atoms with van der Waals surface area (Å²) in [5, 5.41) is 5.41. The molecule has 1 rings (SSSR count). The zero-order valence-corrected chi connectivity index (χ0v) is 8.41. The van der Waals surface area contributed by atoms with Gasteiger partial charge in [0, 0.05) is 5.38 Å². The molecule has 0 aliphatic rings. The van der Waals surface area contributed by atoms with Crippen LogP contribution in [0.15, 0.2) is 16.8 Å². The largest absolute Gasteiger partial charge is 0.367 e. The van der Waals surface area contributed by atoms with Gasteiger partial charge in [0.25, 0.3) is 5.91 Å². The van der Waals surface area contributed by atoms with Crippen LogP contribution >= 0.6 is 11.3 Å². The van der Waals surface area contributed by atoms with E-state index in [1.54, 1.807) is 16.8 Å². The molecular formula is C8H9N3O3S. The first-order valence-corrected chi connectivity index (χ1v) is 4.88. The van der Waals surface area contributed by atoms with Crippen LogP contribution in [-0.4, -0.2) is 23.8 Å². The molecule has 0 radical (unpaired) electrons. The van der Waals surface area contributed by atoms with Gasteiger partial charge < -0.3 is 16.8 Å². The Bertz CT molecular complexity index is 374. The van der Waals surface area contributed by atoms with Crippen molar-refractivity contribution in [2.45, 2.75) is 6.04 Å². The standard InChI is InChI=1S/C8H9N3O3S/c9-6(12)5(7(10)13)11-8(14)4-1-2-15-3-4/h1-3,5H,(H2,9,12)(H2,10,13)(H,11,14). The molecule has 5 N–H and O–H groups in total. The van der Waals surface area contributed by atoms with E-state index in [1.807, 2.05) is 0 Å². The van der Waals surface area contributed by atoms with Crippen LogP contribution in [0.5, 0.6) is 0 Å². The summed E-state index contributed by atoms with van der Waals surface area (Å²) in [6.07, 6.45) is 0. The minimum atomic E-state index is -1.47. The number of primary amides is 2. The van der Waals surface area contributed by atoms with E-state index >= 15 is 0 Å². The Morgan fingerprint density at radius 2 is 1.87 bits per heavy atom. The average molecular weight is 227 g/mol. The second kappa shape index (κ2) is 4.56. The first-order chi connectivity index (χ1) is 7.02. The van der Waals surface area contributed by atoms with E-state index in [0.717, 1.165) is 0 Å². The third-order valence-corrected chi connectivity index (χ3v) is 2.31. The molecule has 6 nitrogen and oxygen atoms in total. The van der Waals surface area contributed by atoms with Gasteiger partial charge in [0.1, 0.15) is 0 Å². The average Bonchev–Trinajstić information content (AvgIpc) is 2.65. The van der Waals surface area contributed by atoms with E-state index < -0.39 is 23.8 Å². The van der Waals surface area contributed by atoms with Gasteiger partial charge in [-0.2, -0.15) is 11.3 Å². The third kappa shape index (κ3) is 2.78. The topological polar surface area (TPSA) is 115 Å². The number of nitrogens with two attached hydrogens (primary N) is 2. The minimum absolute atomic E-state index is 0.354. The van der Waals surface area contributed by atoms with Gasteiger partial charge in [-0.3, -0.25) is 14.4 Å². The fraction of sp³-hybridized carbons (Fsp3) is 0.125. The Balaban J connectivity index is 2.72. The highest BCUT2D eigenvalue weighted by Gasteiger charge is 2.24. The summed E-state index contributed by atoms with van der Waals surface area (Å²) >= 11 is 1.32. The molecule has 0 spiro atoms. The maximum Gasteiger partial charge on any atom is 0.253 e. The molecule has 7 heteroatoms. The van der Waals surface area contributed by atoms with Crippen molar-refractivity contribution in [1.29, 1.82) is 0 Å². The van der Waals surface area contributed by atoms with Crippen molar-refractivity contribution in [1.82, 2.24) is 5.32 Å². The number of thiophene rings is 1. The predicted octanol–water partition coefficient (Wildman–Crippen LogP) is -1.18. The summed E-state index contributed by atoms with van der Waals surface area (Å²) in [6.45, 7) is 0. The molecule has 0 saturated carbocycles. The van der Waals surface area contributed by atoms with Crippen LogP contribution in [0, 0.1) is 0 Å². The molecule has 0 aromatic carbocycles. The molecule has 0 fully saturated rings. The Hall–Kier alpha value is -1.89. The molecular weight excluding hydrogens is 218 g/mol. The molecule has 0 aliphatic carbocycles. The summed E-state index contributed by atoms with van der Waals surface area (Å²) in [4.78, 5) is 32.9. The van der Waals surface area contributed by atoms with Gasteiger partial charge in [-0.15, -0.1) is 0 Å². The van der Waals surface area contributed by atoms with Crippen molar-refractivity contribution in [3.8, 4) is 0 Å². The van der Waals surface area contributed by atoms with Crippen LogP contribution in [-0.2, 0) is 9.59 Å². The summed E-state index contributed by atoms with van der Waals surface area (Å²) in [5.41, 5.74) is 10.1. The van der Waals surface area contributed by atoms with Crippen LogP contribution in [0.1, 0.15) is 10.4 Å². The maximum absolute atomic E-state index is 11.4. The molecule has 0 unspecified atom stereocenters. The number of amides is 3. The SMILES string of the molecule is NC(=O)C(NC(=O)c1ccsc1)C(N)=O. The second-order valence-electron chi connectivity index (χ2n) is 2.72. The van der Waals surface area contributed by atoms with Crippen LogP contribution in [0.3, 0.4) is 0 Å². The number of carbonyl (C=O) groups is 3.